The van der Waals surface area contributed by atoms with Gasteiger partial charge in [-0.25, -0.2) is 4.99 Å². The Labute approximate surface area is 205 Å². The maximum atomic E-state index is 11.0. The van der Waals surface area contributed by atoms with Crippen LogP contribution in [-0.2, 0) is 6.54 Å². The molecule has 0 saturated carbocycles. The summed E-state index contributed by atoms with van der Waals surface area (Å²) in [5.74, 6) is 2.22. The summed E-state index contributed by atoms with van der Waals surface area (Å²) in [6.45, 7) is 4.81. The summed E-state index contributed by atoms with van der Waals surface area (Å²) in [6, 6.07) is 12.7. The van der Waals surface area contributed by atoms with Crippen LogP contribution < -0.4 is 25.0 Å². The van der Waals surface area contributed by atoms with Crippen LogP contribution in [0.25, 0.3) is 0 Å². The molecule has 2 N–H and O–H groups in total. The van der Waals surface area contributed by atoms with Crippen LogP contribution in [0.1, 0.15) is 18.9 Å². The number of non-ortho nitro benzene ring substituents is 1. The van der Waals surface area contributed by atoms with Gasteiger partial charge in [0.05, 0.1) is 25.7 Å². The van der Waals surface area contributed by atoms with Gasteiger partial charge in [0.1, 0.15) is 11.5 Å². The van der Waals surface area contributed by atoms with Gasteiger partial charge in [0.25, 0.3) is 5.69 Å². The zero-order chi connectivity index (χ0) is 22.2. The van der Waals surface area contributed by atoms with E-state index in [9.17, 15) is 10.1 Å². The molecule has 1 aliphatic rings. The number of nitro groups is 1. The number of halogens is 1. The molecular formula is C22H30IN5O4. The molecule has 174 valence electrons. The number of rotatable bonds is 8. The number of nitrogens with one attached hydrogen (secondary N) is 2. The molecule has 0 spiro atoms. The lowest BCUT2D eigenvalue weighted by atomic mass is 10.2. The van der Waals surface area contributed by atoms with Crippen molar-refractivity contribution >= 4 is 41.3 Å². The predicted octanol–water partition coefficient (Wildman–Crippen LogP) is 3.56. The smallest absolute Gasteiger partial charge is 0.269 e. The van der Waals surface area contributed by atoms with Crippen LogP contribution in [0.5, 0.6) is 11.5 Å². The number of guanidine groups is 1. The average molecular weight is 555 g/mol. The van der Waals surface area contributed by atoms with Crippen molar-refractivity contribution in [2.24, 2.45) is 4.99 Å². The van der Waals surface area contributed by atoms with Crippen LogP contribution in [0, 0.1) is 10.1 Å². The van der Waals surface area contributed by atoms with E-state index in [0.717, 1.165) is 48.8 Å². The highest BCUT2D eigenvalue weighted by Gasteiger charge is 2.24. The van der Waals surface area contributed by atoms with E-state index in [1.165, 1.54) is 6.07 Å². The lowest BCUT2D eigenvalue weighted by Gasteiger charge is -2.21. The molecule has 10 heteroatoms. The maximum absolute atomic E-state index is 11.0. The fourth-order valence-corrected chi connectivity index (χ4v) is 3.54. The molecule has 2 aromatic carbocycles. The summed E-state index contributed by atoms with van der Waals surface area (Å²) in [5.41, 5.74) is 1.92. The van der Waals surface area contributed by atoms with Crippen LogP contribution in [-0.4, -0.2) is 50.8 Å². The molecule has 1 saturated heterocycles. The number of aliphatic imine (C=N–C) groups is 1. The lowest BCUT2D eigenvalue weighted by Crippen LogP contribution is -2.44. The van der Waals surface area contributed by atoms with Gasteiger partial charge in [0, 0.05) is 61.7 Å². The predicted molar refractivity (Wildman–Crippen MR) is 137 cm³/mol. The first kappa shape index (κ1) is 25.5. The Morgan fingerprint density at radius 3 is 2.56 bits per heavy atom. The Morgan fingerprint density at radius 2 is 1.94 bits per heavy atom. The van der Waals surface area contributed by atoms with Crippen molar-refractivity contribution in [3.8, 4) is 11.5 Å². The van der Waals surface area contributed by atoms with Gasteiger partial charge in [0.15, 0.2) is 5.96 Å². The molecular weight excluding hydrogens is 525 g/mol. The molecule has 1 heterocycles. The van der Waals surface area contributed by atoms with E-state index in [2.05, 4.69) is 20.5 Å². The number of nitro benzene ring substituents is 1. The first-order chi connectivity index (χ1) is 15.0. The molecule has 1 fully saturated rings. The normalized spacial score (nSPS) is 15.7. The van der Waals surface area contributed by atoms with Crippen LogP contribution in [0.15, 0.2) is 47.5 Å². The minimum atomic E-state index is -0.392. The van der Waals surface area contributed by atoms with Gasteiger partial charge in [-0.05, 0) is 18.9 Å². The molecule has 0 bridgehead atoms. The zero-order valence-electron chi connectivity index (χ0n) is 18.5. The van der Waals surface area contributed by atoms with E-state index in [4.69, 9.17) is 9.47 Å². The van der Waals surface area contributed by atoms with E-state index >= 15 is 0 Å². The Balaban J connectivity index is 0.00000363. The molecule has 1 aliphatic heterocycles. The van der Waals surface area contributed by atoms with Gasteiger partial charge < -0.3 is 25.0 Å². The van der Waals surface area contributed by atoms with Crippen molar-refractivity contribution in [1.29, 1.82) is 0 Å². The van der Waals surface area contributed by atoms with E-state index < -0.39 is 4.92 Å². The largest absolute Gasteiger partial charge is 0.497 e. The van der Waals surface area contributed by atoms with Gasteiger partial charge in [-0.1, -0.05) is 12.1 Å². The summed E-state index contributed by atoms with van der Waals surface area (Å²) in [4.78, 5) is 17.5. The molecule has 9 nitrogen and oxygen atoms in total. The van der Waals surface area contributed by atoms with Crippen molar-refractivity contribution < 1.29 is 14.4 Å². The van der Waals surface area contributed by atoms with Crippen molar-refractivity contribution in [1.82, 2.24) is 10.6 Å². The minimum Gasteiger partial charge on any atom is -0.497 e. The second-order valence-corrected chi connectivity index (χ2v) is 7.27. The van der Waals surface area contributed by atoms with E-state index in [1.807, 2.05) is 31.2 Å². The maximum Gasteiger partial charge on any atom is 0.269 e. The van der Waals surface area contributed by atoms with Crippen LogP contribution in [0.3, 0.4) is 0 Å². The number of methoxy groups -OCH3 is 2. The molecule has 32 heavy (non-hydrogen) atoms. The average Bonchev–Trinajstić information content (AvgIpc) is 3.26. The summed E-state index contributed by atoms with van der Waals surface area (Å²) in [6.07, 6.45) is 0.959. The highest BCUT2D eigenvalue weighted by atomic mass is 127. The summed E-state index contributed by atoms with van der Waals surface area (Å²) < 4.78 is 10.8. The van der Waals surface area contributed by atoms with Crippen molar-refractivity contribution in [2.75, 3.05) is 38.8 Å². The lowest BCUT2D eigenvalue weighted by molar-refractivity contribution is -0.384. The second kappa shape index (κ2) is 12.3. The second-order valence-electron chi connectivity index (χ2n) is 7.27. The third-order valence-corrected chi connectivity index (χ3v) is 5.12. The Morgan fingerprint density at radius 1 is 1.22 bits per heavy atom. The van der Waals surface area contributed by atoms with Crippen molar-refractivity contribution in [3.63, 3.8) is 0 Å². The van der Waals surface area contributed by atoms with E-state index in [0.29, 0.717) is 12.5 Å². The molecule has 0 aromatic heterocycles. The third-order valence-electron chi connectivity index (χ3n) is 5.12. The highest BCUT2D eigenvalue weighted by Crippen LogP contribution is 2.30. The number of benzene rings is 2. The number of anilines is 1. The number of ether oxygens (including phenoxy) is 2. The quantitative estimate of drug-likeness (QED) is 0.169. The Bertz CT molecular complexity index is 918. The first-order valence-corrected chi connectivity index (χ1v) is 10.3. The standard InChI is InChI=1S/C22H29N5O4.HI/c1-4-23-22(24-14-16-6-5-7-18(10-16)27(28)29)25-17-8-9-26(15-17)19-11-20(30-2)13-21(12-19)31-3;/h5-7,10-13,17H,4,8-9,14-15H2,1-3H3,(H2,23,24,25);1H. The minimum absolute atomic E-state index is 0. The monoisotopic (exact) mass is 555 g/mol. The molecule has 2 aromatic rings. The highest BCUT2D eigenvalue weighted by molar-refractivity contribution is 14.0. The van der Waals surface area contributed by atoms with E-state index in [1.54, 1.807) is 26.4 Å². The van der Waals surface area contributed by atoms with E-state index in [-0.39, 0.29) is 35.7 Å². The van der Waals surface area contributed by atoms with Gasteiger partial charge in [-0.3, -0.25) is 10.1 Å². The van der Waals surface area contributed by atoms with Crippen LogP contribution in [0.4, 0.5) is 11.4 Å². The third kappa shape index (κ3) is 6.87. The van der Waals surface area contributed by atoms with Crippen LogP contribution in [0.2, 0.25) is 0 Å². The Kier molecular flexibility index (Phi) is 9.82. The summed E-state index contributed by atoms with van der Waals surface area (Å²) in [7, 11) is 3.29. The summed E-state index contributed by atoms with van der Waals surface area (Å²) >= 11 is 0. The molecule has 3 rings (SSSR count). The zero-order valence-corrected chi connectivity index (χ0v) is 20.9. The molecule has 0 aliphatic carbocycles. The Hall–Kier alpha value is -2.76. The topological polar surface area (TPSA) is 101 Å². The first-order valence-electron chi connectivity index (χ1n) is 10.3. The number of hydrogen-bond acceptors (Lipinski definition) is 6. The van der Waals surface area contributed by atoms with Crippen LogP contribution >= 0.6 is 24.0 Å². The van der Waals surface area contributed by atoms with Gasteiger partial charge in [-0.15, -0.1) is 24.0 Å². The van der Waals surface area contributed by atoms with Crippen molar-refractivity contribution in [2.45, 2.75) is 25.9 Å². The number of nitrogens with zero attached hydrogens (tertiary/aromatic N) is 3. The molecule has 1 unspecified atom stereocenters. The van der Waals surface area contributed by atoms with Gasteiger partial charge in [0.2, 0.25) is 0 Å². The van der Waals surface area contributed by atoms with Crippen molar-refractivity contribution in [3.05, 3.63) is 58.1 Å². The van der Waals surface area contributed by atoms with Gasteiger partial charge >= 0.3 is 0 Å². The SMILES string of the molecule is CCNC(=NCc1cccc([N+](=O)[O-])c1)NC1CCN(c2cc(OC)cc(OC)c2)C1.I. The molecule has 0 radical (unpaired) electrons. The van der Waals surface area contributed by atoms with Gasteiger partial charge in [-0.2, -0.15) is 0 Å². The molecule has 0 amide bonds. The fraction of sp³-hybridized carbons (Fsp3) is 0.409. The fourth-order valence-electron chi connectivity index (χ4n) is 3.54. The summed E-state index contributed by atoms with van der Waals surface area (Å²) in [5, 5.41) is 17.7. The number of hydrogen-bond donors (Lipinski definition) is 2. The molecule has 1 atom stereocenters.